The summed E-state index contributed by atoms with van der Waals surface area (Å²) in [6, 6.07) is 0. The molecule has 9 nitrogen and oxygen atoms in total. The first-order chi connectivity index (χ1) is 8.87. The Morgan fingerprint density at radius 1 is 1.58 bits per heavy atom. The van der Waals surface area contributed by atoms with Crippen LogP contribution < -0.4 is 11.1 Å². The maximum atomic E-state index is 10.7. The lowest BCUT2D eigenvalue weighted by Gasteiger charge is -2.30. The van der Waals surface area contributed by atoms with Crippen molar-refractivity contribution in [2.24, 2.45) is 5.73 Å². The molecule has 0 saturated carbocycles. The van der Waals surface area contributed by atoms with Gasteiger partial charge in [-0.05, 0) is 6.92 Å². The second kappa shape index (κ2) is 5.43. The van der Waals surface area contributed by atoms with Gasteiger partial charge in [-0.3, -0.25) is 14.9 Å². The van der Waals surface area contributed by atoms with Crippen LogP contribution in [0.1, 0.15) is 6.92 Å². The predicted molar refractivity (Wildman–Crippen MR) is 65.2 cm³/mol. The average molecular weight is 293 g/mol. The van der Waals surface area contributed by atoms with E-state index in [1.807, 2.05) is 4.58 Å². The van der Waals surface area contributed by atoms with Crippen LogP contribution in [0, 0.1) is 0 Å². The van der Waals surface area contributed by atoms with Gasteiger partial charge in [0.1, 0.15) is 13.1 Å². The maximum absolute atomic E-state index is 10.7. The quantitative estimate of drug-likeness (QED) is 0.404. The van der Waals surface area contributed by atoms with Crippen LogP contribution in [0.25, 0.3) is 0 Å². The maximum Gasteiger partial charge on any atom is 0.418 e. The van der Waals surface area contributed by atoms with Crippen molar-refractivity contribution >= 4 is 16.2 Å². The number of morpholine rings is 1. The second-order valence-corrected chi connectivity index (χ2v) is 5.19. The Labute approximate surface area is 111 Å². The molecule has 4 N–H and O–H groups in total. The van der Waals surface area contributed by atoms with Gasteiger partial charge in [-0.2, -0.15) is 13.5 Å². The van der Waals surface area contributed by atoms with Crippen molar-refractivity contribution < 1.29 is 26.6 Å². The molecule has 2 heterocycles. The van der Waals surface area contributed by atoms with Gasteiger partial charge in [0, 0.05) is 6.08 Å². The van der Waals surface area contributed by atoms with Crippen molar-refractivity contribution in [2.75, 3.05) is 26.3 Å². The first-order valence-electron chi connectivity index (χ1n) is 5.73. The van der Waals surface area contributed by atoms with Crippen molar-refractivity contribution in [1.82, 2.24) is 10.4 Å². The normalized spacial score (nSPS) is 25.1. The third-order valence-electron chi connectivity index (χ3n) is 2.77. The smallest absolute Gasteiger partial charge is 0.373 e. The number of nitrogens with two attached hydrogens (primary N) is 1. The third-order valence-corrected chi connectivity index (χ3v) is 3.12. The molecule has 0 aromatic carbocycles. The van der Waals surface area contributed by atoms with E-state index in [-0.39, 0.29) is 0 Å². The summed E-state index contributed by atoms with van der Waals surface area (Å²) < 4.78 is 41.8. The van der Waals surface area contributed by atoms with Gasteiger partial charge in [-0.1, -0.05) is 0 Å². The minimum Gasteiger partial charge on any atom is -0.373 e. The van der Waals surface area contributed by atoms with Gasteiger partial charge in [-0.15, -0.1) is 4.28 Å². The molecule has 1 saturated heterocycles. The Balaban J connectivity index is 2.22. The first kappa shape index (κ1) is 14.2. The molecule has 1 atom stereocenters. The first-order valence-corrected chi connectivity index (χ1v) is 7.09. The van der Waals surface area contributed by atoms with Gasteiger partial charge in [-0.25, -0.2) is 5.32 Å². The summed E-state index contributed by atoms with van der Waals surface area (Å²) >= 11 is 0. The number of nitrogens with one attached hydrogen (secondary N) is 1. The minimum atomic E-state index is -4.61. The lowest BCUT2D eigenvalue weighted by atomic mass is 10.3. The molecule has 0 aromatic rings. The topological polar surface area (TPSA) is 117 Å². The Hall–Kier alpha value is -1.20. The number of amidine groups is 1. The molecule has 2 aliphatic rings. The molecule has 10 heteroatoms. The Bertz CT molecular complexity index is 507. The molecule has 19 heavy (non-hydrogen) atoms. The van der Waals surface area contributed by atoms with E-state index in [0.717, 1.165) is 24.0 Å². The van der Waals surface area contributed by atoms with Crippen molar-refractivity contribution in [3.63, 3.8) is 0 Å². The molecule has 2 rings (SSSR count). The number of rotatable bonds is 2. The summed E-state index contributed by atoms with van der Waals surface area (Å²) in [5.74, 6) is 0.767. The van der Waals surface area contributed by atoms with E-state index in [2.05, 4.69) is 9.60 Å². The number of hydrogen-bond acceptors (Lipinski definition) is 6. The molecule has 0 aromatic heterocycles. The van der Waals surface area contributed by atoms with E-state index < -0.39 is 16.7 Å². The zero-order chi connectivity index (χ0) is 14.0. The standard InChI is InChI=1S/C9H16N4O5S/c1-7-6-8(12-2-4-17-5-3-12)11-9(10)13(7)18-19(14,15)16/h6,9H,2-5,10H2,1H3,(H,14,15,16)/p+1. The highest BCUT2D eigenvalue weighted by Gasteiger charge is 2.32. The van der Waals surface area contributed by atoms with E-state index in [4.69, 9.17) is 15.0 Å². The van der Waals surface area contributed by atoms with E-state index in [1.165, 1.54) is 0 Å². The lowest BCUT2D eigenvalue weighted by Crippen LogP contribution is -2.58. The fraction of sp³-hybridized carbons (Fsp3) is 0.667. The fourth-order valence-corrected chi connectivity index (χ4v) is 2.34. The second-order valence-electron chi connectivity index (χ2n) is 4.19. The number of nitrogens with zero attached hydrogens (tertiary/aromatic N) is 2. The molecule has 1 unspecified atom stereocenters. The van der Waals surface area contributed by atoms with Crippen molar-refractivity contribution in [2.45, 2.75) is 13.2 Å². The molecule has 1 fully saturated rings. The van der Waals surface area contributed by atoms with Gasteiger partial charge in [0.15, 0.2) is 0 Å². The summed E-state index contributed by atoms with van der Waals surface area (Å²) in [6.07, 6.45) is 0.782. The van der Waals surface area contributed by atoms with Crippen molar-refractivity contribution in [3.8, 4) is 0 Å². The minimum absolute atomic E-state index is 0.463. The summed E-state index contributed by atoms with van der Waals surface area (Å²) in [5, 5.41) is 3.79. The Morgan fingerprint density at radius 2 is 2.21 bits per heavy atom. The summed E-state index contributed by atoms with van der Waals surface area (Å²) in [4.78, 5) is 0. The van der Waals surface area contributed by atoms with E-state index in [0.29, 0.717) is 18.9 Å². The van der Waals surface area contributed by atoms with Crippen LogP contribution in [0.15, 0.2) is 11.8 Å². The zero-order valence-electron chi connectivity index (χ0n) is 10.4. The van der Waals surface area contributed by atoms with Crippen LogP contribution in [-0.2, 0) is 19.4 Å². The Kier molecular flexibility index (Phi) is 4.06. The van der Waals surface area contributed by atoms with Crippen LogP contribution >= 0.6 is 0 Å². The molecule has 0 amide bonds. The van der Waals surface area contributed by atoms with Crippen LogP contribution in [0.4, 0.5) is 0 Å². The average Bonchev–Trinajstić information content (AvgIpc) is 2.33. The van der Waals surface area contributed by atoms with E-state index in [1.54, 1.807) is 13.0 Å². The highest BCUT2D eigenvalue weighted by molar-refractivity contribution is 7.80. The zero-order valence-corrected chi connectivity index (χ0v) is 11.3. The molecule has 0 radical (unpaired) electrons. The largest absolute Gasteiger partial charge is 0.418 e. The predicted octanol–water partition coefficient (Wildman–Crippen LogP) is -1.79. The van der Waals surface area contributed by atoms with Crippen LogP contribution in [0.3, 0.4) is 0 Å². The Morgan fingerprint density at radius 3 is 2.74 bits per heavy atom. The number of hydrogen-bond donors (Lipinski definition) is 3. The van der Waals surface area contributed by atoms with Crippen LogP contribution in [-0.4, -0.2) is 61.0 Å². The van der Waals surface area contributed by atoms with Crippen LogP contribution in [0.2, 0.25) is 0 Å². The molecule has 2 aliphatic heterocycles. The third kappa shape index (κ3) is 3.64. The van der Waals surface area contributed by atoms with Crippen molar-refractivity contribution in [3.05, 3.63) is 11.8 Å². The highest BCUT2D eigenvalue weighted by atomic mass is 32.3. The van der Waals surface area contributed by atoms with Gasteiger partial charge < -0.3 is 4.74 Å². The fourth-order valence-electron chi connectivity index (χ4n) is 1.93. The lowest BCUT2D eigenvalue weighted by molar-refractivity contribution is -0.550. The van der Waals surface area contributed by atoms with E-state index >= 15 is 0 Å². The molecular weight excluding hydrogens is 276 g/mol. The summed E-state index contributed by atoms with van der Waals surface area (Å²) in [6.45, 7) is 4.32. The van der Waals surface area contributed by atoms with E-state index in [9.17, 15) is 8.42 Å². The number of ether oxygens (including phenoxy) is 1. The number of allylic oxidation sites excluding steroid dienone is 1. The number of hydroxylamine groups is 2. The summed E-state index contributed by atoms with van der Waals surface area (Å²) in [5.41, 5.74) is 6.23. The molecule has 0 aliphatic carbocycles. The highest BCUT2D eigenvalue weighted by Crippen LogP contribution is 2.13. The van der Waals surface area contributed by atoms with Gasteiger partial charge >= 0.3 is 10.4 Å². The molecule has 108 valence electrons. The SMILES string of the molecule is CC1=CC(=[N+]2CCOCC2)NC(N)N1OS(=O)(=O)O. The molecule has 0 bridgehead atoms. The van der Waals surface area contributed by atoms with Crippen molar-refractivity contribution in [1.29, 1.82) is 0 Å². The van der Waals surface area contributed by atoms with Gasteiger partial charge in [0.05, 0.1) is 18.9 Å². The summed E-state index contributed by atoms with van der Waals surface area (Å²) in [7, 11) is -4.61. The molecule has 0 spiro atoms. The van der Waals surface area contributed by atoms with Gasteiger partial charge in [0.25, 0.3) is 5.84 Å². The van der Waals surface area contributed by atoms with Gasteiger partial charge in [0.2, 0.25) is 6.29 Å². The van der Waals surface area contributed by atoms with Crippen LogP contribution in [0.5, 0.6) is 0 Å². The monoisotopic (exact) mass is 293 g/mol. The molecular formula is C9H17N4O5S+.